The number of aryl methyl sites for hydroxylation is 2. The molecule has 22 heavy (non-hydrogen) atoms. The molecule has 0 saturated heterocycles. The monoisotopic (exact) mass is 286 g/mol. The number of hydrogen-bond acceptors (Lipinski definition) is 0. The molecule has 2 aromatic rings. The predicted octanol–water partition coefficient (Wildman–Crippen LogP) is 6.07. The van der Waals surface area contributed by atoms with Gasteiger partial charge in [-0.3, -0.25) is 0 Å². The van der Waals surface area contributed by atoms with Gasteiger partial charge in [0.1, 0.15) is 0 Å². The molecule has 0 nitrogen and oxygen atoms in total. The van der Waals surface area contributed by atoms with Gasteiger partial charge in [0.05, 0.1) is 0 Å². The van der Waals surface area contributed by atoms with Gasteiger partial charge < -0.3 is 0 Å². The molecule has 0 fully saturated rings. The molecule has 110 valence electrons. The second-order valence-corrected chi connectivity index (χ2v) is 5.98. The average Bonchev–Trinajstić information content (AvgIpc) is 2.77. The molecule has 0 bridgehead atoms. The van der Waals surface area contributed by atoms with Crippen LogP contribution in [0.2, 0.25) is 0 Å². The summed E-state index contributed by atoms with van der Waals surface area (Å²) in [6.45, 7) is 6.34. The van der Waals surface area contributed by atoms with Crippen LogP contribution in [0.15, 0.2) is 61.2 Å². The van der Waals surface area contributed by atoms with E-state index in [9.17, 15) is 0 Å². The Labute approximate surface area is 133 Å². The van der Waals surface area contributed by atoms with Crippen molar-refractivity contribution in [2.24, 2.45) is 0 Å². The fraction of sp³-hybridized carbons (Fsp3) is 0.182. The molecule has 0 unspecified atom stereocenters. The van der Waals surface area contributed by atoms with Gasteiger partial charge in [0.25, 0.3) is 0 Å². The van der Waals surface area contributed by atoms with E-state index in [-0.39, 0.29) is 0 Å². The van der Waals surface area contributed by atoms with Crippen LogP contribution in [0.1, 0.15) is 40.7 Å². The third kappa shape index (κ3) is 3.46. The number of allylic oxidation sites excluding steroid dienone is 3. The molecular weight excluding hydrogens is 264 g/mol. The molecule has 0 atom stereocenters. The van der Waals surface area contributed by atoms with Crippen LogP contribution in [0.4, 0.5) is 0 Å². The van der Waals surface area contributed by atoms with Crippen molar-refractivity contribution in [3.63, 3.8) is 0 Å². The van der Waals surface area contributed by atoms with Gasteiger partial charge >= 0.3 is 0 Å². The van der Waals surface area contributed by atoms with Crippen molar-refractivity contribution in [1.82, 2.24) is 0 Å². The quantitative estimate of drug-likeness (QED) is 0.601. The Balaban J connectivity index is 1.82. The topological polar surface area (TPSA) is 0 Å². The summed E-state index contributed by atoms with van der Waals surface area (Å²) in [5, 5.41) is 0. The van der Waals surface area contributed by atoms with Crippen molar-refractivity contribution >= 4 is 17.7 Å². The van der Waals surface area contributed by atoms with E-state index in [1.54, 1.807) is 0 Å². The lowest BCUT2D eigenvalue weighted by atomic mass is 9.97. The Morgan fingerprint density at radius 1 is 1.14 bits per heavy atom. The molecular formula is C22H22. The van der Waals surface area contributed by atoms with Crippen molar-refractivity contribution in [1.29, 1.82) is 0 Å². The highest BCUT2D eigenvalue weighted by molar-refractivity contribution is 5.78. The van der Waals surface area contributed by atoms with Crippen molar-refractivity contribution < 1.29 is 0 Å². The lowest BCUT2D eigenvalue weighted by Crippen LogP contribution is -1.90. The fourth-order valence-corrected chi connectivity index (χ4v) is 2.86. The summed E-state index contributed by atoms with van der Waals surface area (Å²) < 4.78 is 0. The van der Waals surface area contributed by atoms with Crippen LogP contribution in [-0.4, -0.2) is 0 Å². The highest BCUT2D eigenvalue weighted by Crippen LogP contribution is 2.24. The van der Waals surface area contributed by atoms with E-state index < -0.39 is 0 Å². The minimum atomic E-state index is 1.06. The number of fused-ring (bicyclic) bond motifs is 1. The highest BCUT2D eigenvalue weighted by atomic mass is 14.1. The molecule has 0 saturated carbocycles. The maximum absolute atomic E-state index is 4.22. The summed E-state index contributed by atoms with van der Waals surface area (Å²) in [6.07, 6.45) is 12.4. The first-order valence-corrected chi connectivity index (χ1v) is 7.96. The first-order chi connectivity index (χ1) is 10.7. The Hall–Kier alpha value is -2.34. The molecule has 0 heterocycles. The van der Waals surface area contributed by atoms with E-state index in [2.05, 4.69) is 80.3 Å². The Bertz CT molecular complexity index is 744. The molecule has 0 N–H and O–H groups in total. The number of benzene rings is 2. The molecule has 0 radical (unpaired) electrons. The molecule has 1 aliphatic carbocycles. The van der Waals surface area contributed by atoms with Crippen molar-refractivity contribution in [3.05, 3.63) is 89.0 Å². The summed E-state index contributed by atoms with van der Waals surface area (Å²) in [5.74, 6) is 0. The van der Waals surface area contributed by atoms with Crippen molar-refractivity contribution in [2.75, 3.05) is 0 Å². The first kappa shape index (κ1) is 14.6. The molecule has 0 aromatic heterocycles. The SMILES string of the molecule is C=C(/C=C/c1cccc(C)c1)c1ccc2c(c1)C=CCCC2. The van der Waals surface area contributed by atoms with Crippen molar-refractivity contribution in [3.8, 4) is 0 Å². The maximum Gasteiger partial charge on any atom is -0.0184 e. The second kappa shape index (κ2) is 6.62. The molecule has 0 amide bonds. The summed E-state index contributed by atoms with van der Waals surface area (Å²) in [4.78, 5) is 0. The summed E-state index contributed by atoms with van der Waals surface area (Å²) in [6, 6.07) is 15.2. The van der Waals surface area contributed by atoms with E-state index in [4.69, 9.17) is 0 Å². The average molecular weight is 286 g/mol. The Kier molecular flexibility index (Phi) is 4.39. The van der Waals surface area contributed by atoms with E-state index in [0.717, 1.165) is 5.57 Å². The van der Waals surface area contributed by atoms with Gasteiger partial charge in [-0.25, -0.2) is 0 Å². The Morgan fingerprint density at radius 2 is 2.05 bits per heavy atom. The lowest BCUT2D eigenvalue weighted by Gasteiger charge is -2.07. The minimum Gasteiger partial charge on any atom is -0.0912 e. The second-order valence-electron chi connectivity index (χ2n) is 5.98. The molecule has 1 aliphatic rings. The lowest BCUT2D eigenvalue weighted by molar-refractivity contribution is 0.851. The predicted molar refractivity (Wildman–Crippen MR) is 97.7 cm³/mol. The third-order valence-electron chi connectivity index (χ3n) is 4.15. The molecule has 0 heteroatoms. The summed E-state index contributed by atoms with van der Waals surface area (Å²) in [7, 11) is 0. The van der Waals surface area contributed by atoms with Gasteiger partial charge in [0.2, 0.25) is 0 Å². The fourth-order valence-electron chi connectivity index (χ4n) is 2.86. The first-order valence-electron chi connectivity index (χ1n) is 7.96. The van der Waals surface area contributed by atoms with Gasteiger partial charge in [-0.05, 0) is 60.1 Å². The minimum absolute atomic E-state index is 1.06. The van der Waals surface area contributed by atoms with E-state index in [1.807, 2.05) is 0 Å². The van der Waals surface area contributed by atoms with E-state index in [0.29, 0.717) is 0 Å². The van der Waals surface area contributed by atoms with Crippen LogP contribution in [0.25, 0.3) is 17.7 Å². The molecule has 0 spiro atoms. The zero-order chi connectivity index (χ0) is 15.4. The van der Waals surface area contributed by atoms with Crippen LogP contribution in [0, 0.1) is 6.92 Å². The molecule has 3 rings (SSSR count). The molecule has 0 aliphatic heterocycles. The largest absolute Gasteiger partial charge is 0.0912 e. The van der Waals surface area contributed by atoms with Gasteiger partial charge in [0.15, 0.2) is 0 Å². The van der Waals surface area contributed by atoms with Crippen LogP contribution < -0.4 is 0 Å². The van der Waals surface area contributed by atoms with Gasteiger partial charge in [-0.2, -0.15) is 0 Å². The van der Waals surface area contributed by atoms with Crippen LogP contribution in [-0.2, 0) is 6.42 Å². The number of hydrogen-bond donors (Lipinski definition) is 0. The summed E-state index contributed by atoms with van der Waals surface area (Å²) >= 11 is 0. The van der Waals surface area contributed by atoms with Crippen LogP contribution in [0.5, 0.6) is 0 Å². The van der Waals surface area contributed by atoms with Crippen LogP contribution in [0.3, 0.4) is 0 Å². The Morgan fingerprint density at radius 3 is 2.91 bits per heavy atom. The van der Waals surface area contributed by atoms with Gasteiger partial charge in [-0.15, -0.1) is 0 Å². The van der Waals surface area contributed by atoms with E-state index >= 15 is 0 Å². The maximum atomic E-state index is 4.22. The normalized spacial score (nSPS) is 13.9. The third-order valence-corrected chi connectivity index (χ3v) is 4.15. The van der Waals surface area contributed by atoms with Gasteiger partial charge in [0, 0.05) is 0 Å². The van der Waals surface area contributed by atoms with Crippen molar-refractivity contribution in [2.45, 2.75) is 26.2 Å². The smallest absolute Gasteiger partial charge is 0.0184 e. The standard InChI is InChI=1S/C22H22/c1-17-7-6-8-19(15-17)12-11-18(2)21-14-13-20-9-4-3-5-10-22(20)16-21/h5-8,10-16H,2-4,9H2,1H3/b12-11+. The van der Waals surface area contributed by atoms with Gasteiger partial charge in [-0.1, -0.05) is 72.8 Å². The molecule has 2 aromatic carbocycles. The zero-order valence-corrected chi connectivity index (χ0v) is 13.2. The van der Waals surface area contributed by atoms with Crippen LogP contribution >= 0.6 is 0 Å². The summed E-state index contributed by atoms with van der Waals surface area (Å²) in [5.41, 5.74) is 7.56. The highest BCUT2D eigenvalue weighted by Gasteiger charge is 2.05. The number of rotatable bonds is 3. The van der Waals surface area contributed by atoms with E-state index in [1.165, 1.54) is 47.1 Å². The zero-order valence-electron chi connectivity index (χ0n) is 13.2.